The summed E-state index contributed by atoms with van der Waals surface area (Å²) in [6.45, 7) is 2.54. The number of hydrogen-bond acceptors (Lipinski definition) is 6. The number of thiazole rings is 1. The molecule has 1 heterocycles. The Labute approximate surface area is 115 Å². The third-order valence-corrected chi connectivity index (χ3v) is 2.97. The van der Waals surface area contributed by atoms with E-state index < -0.39 is 0 Å². The molecule has 0 aliphatic heterocycles. The average molecular weight is 277 g/mol. The Morgan fingerprint density at radius 1 is 1.42 bits per heavy atom. The van der Waals surface area contributed by atoms with E-state index in [1.165, 1.54) is 11.3 Å². The van der Waals surface area contributed by atoms with Gasteiger partial charge in [-0.15, -0.1) is 11.3 Å². The lowest BCUT2D eigenvalue weighted by Crippen LogP contribution is -1.96. The average Bonchev–Trinajstić information content (AvgIpc) is 2.94. The van der Waals surface area contributed by atoms with Crippen LogP contribution >= 0.6 is 11.3 Å². The van der Waals surface area contributed by atoms with E-state index >= 15 is 0 Å². The molecule has 0 saturated heterocycles. The van der Waals surface area contributed by atoms with Crippen LogP contribution in [0.15, 0.2) is 34.9 Å². The van der Waals surface area contributed by atoms with E-state index in [0.29, 0.717) is 12.4 Å². The molecule has 6 heteroatoms. The van der Waals surface area contributed by atoms with E-state index in [-0.39, 0.29) is 0 Å². The van der Waals surface area contributed by atoms with Gasteiger partial charge in [-0.25, -0.2) is 4.98 Å². The van der Waals surface area contributed by atoms with Gasteiger partial charge in [0.05, 0.1) is 19.9 Å². The van der Waals surface area contributed by atoms with Gasteiger partial charge in [-0.1, -0.05) is 0 Å². The minimum atomic E-state index is 0.607. The zero-order valence-electron chi connectivity index (χ0n) is 10.8. The monoisotopic (exact) mass is 277 g/mol. The minimum Gasteiger partial charge on any atom is -0.493 e. The van der Waals surface area contributed by atoms with Crippen LogP contribution in [0.2, 0.25) is 0 Å². The van der Waals surface area contributed by atoms with Crippen LogP contribution in [0, 0.1) is 0 Å². The molecule has 19 heavy (non-hydrogen) atoms. The number of rotatable bonds is 6. The van der Waals surface area contributed by atoms with E-state index in [4.69, 9.17) is 9.47 Å². The van der Waals surface area contributed by atoms with Gasteiger partial charge in [0.1, 0.15) is 0 Å². The molecular weight excluding hydrogens is 262 g/mol. The molecule has 0 amide bonds. The van der Waals surface area contributed by atoms with Gasteiger partial charge in [0.25, 0.3) is 0 Å². The first-order chi connectivity index (χ1) is 9.33. The molecule has 0 aliphatic carbocycles. The van der Waals surface area contributed by atoms with E-state index in [2.05, 4.69) is 15.5 Å². The van der Waals surface area contributed by atoms with Crippen LogP contribution in [0.4, 0.5) is 5.13 Å². The standard InChI is InChI=1S/C13H15N3O2S/c1-3-18-11-5-4-10(8-12(11)17-2)9-15-16-13-14-6-7-19-13/h4-9H,3H2,1-2H3,(H,14,16)/b15-9-. The molecule has 0 atom stereocenters. The van der Waals surface area contributed by atoms with Crippen molar-refractivity contribution in [3.05, 3.63) is 35.3 Å². The highest BCUT2D eigenvalue weighted by atomic mass is 32.1. The highest BCUT2D eigenvalue weighted by molar-refractivity contribution is 7.13. The molecule has 0 spiro atoms. The Hall–Kier alpha value is -2.08. The van der Waals surface area contributed by atoms with Crippen molar-refractivity contribution in [1.82, 2.24) is 4.98 Å². The number of methoxy groups -OCH3 is 1. The van der Waals surface area contributed by atoms with Crippen LogP contribution in [0.5, 0.6) is 11.5 Å². The SMILES string of the molecule is CCOc1ccc(/C=N\Nc2nccs2)cc1OC. The van der Waals surface area contributed by atoms with E-state index in [0.717, 1.165) is 16.4 Å². The van der Waals surface area contributed by atoms with E-state index in [9.17, 15) is 0 Å². The highest BCUT2D eigenvalue weighted by Gasteiger charge is 2.03. The molecule has 0 saturated carbocycles. The van der Waals surface area contributed by atoms with Gasteiger partial charge < -0.3 is 9.47 Å². The first-order valence-corrected chi connectivity index (χ1v) is 6.71. The number of ether oxygens (including phenoxy) is 2. The fourth-order valence-electron chi connectivity index (χ4n) is 1.48. The van der Waals surface area contributed by atoms with Crippen molar-refractivity contribution in [2.45, 2.75) is 6.92 Å². The molecule has 0 unspecified atom stereocenters. The Morgan fingerprint density at radius 3 is 3.00 bits per heavy atom. The summed E-state index contributed by atoms with van der Waals surface area (Å²) in [5.74, 6) is 1.43. The maximum absolute atomic E-state index is 5.45. The number of benzene rings is 1. The molecule has 0 radical (unpaired) electrons. The molecule has 2 aromatic rings. The Balaban J connectivity index is 2.06. The quantitative estimate of drug-likeness (QED) is 0.651. The van der Waals surface area contributed by atoms with Crippen molar-refractivity contribution in [1.29, 1.82) is 0 Å². The first-order valence-electron chi connectivity index (χ1n) is 5.83. The normalized spacial score (nSPS) is 10.6. The van der Waals surface area contributed by atoms with Crippen molar-refractivity contribution in [2.75, 3.05) is 19.1 Å². The van der Waals surface area contributed by atoms with Gasteiger partial charge in [-0.2, -0.15) is 5.10 Å². The highest BCUT2D eigenvalue weighted by Crippen LogP contribution is 2.27. The number of nitrogens with one attached hydrogen (secondary N) is 1. The fraction of sp³-hybridized carbons (Fsp3) is 0.231. The molecule has 0 bridgehead atoms. The van der Waals surface area contributed by atoms with Gasteiger partial charge in [-0.05, 0) is 30.7 Å². The second-order valence-electron chi connectivity index (χ2n) is 3.55. The molecular formula is C13H15N3O2S. The summed E-state index contributed by atoms with van der Waals surface area (Å²) in [6.07, 6.45) is 3.43. The topological polar surface area (TPSA) is 55.7 Å². The van der Waals surface area contributed by atoms with Crippen molar-refractivity contribution in [3.63, 3.8) is 0 Å². The number of nitrogens with zero attached hydrogens (tertiary/aromatic N) is 2. The summed E-state index contributed by atoms with van der Waals surface area (Å²) in [5, 5.41) is 6.76. The number of anilines is 1. The van der Waals surface area contributed by atoms with Gasteiger partial charge in [-0.3, -0.25) is 5.43 Å². The second-order valence-corrected chi connectivity index (χ2v) is 4.45. The number of hydrogen-bond donors (Lipinski definition) is 1. The summed E-state index contributed by atoms with van der Waals surface area (Å²) in [7, 11) is 1.62. The number of hydrazone groups is 1. The van der Waals surface area contributed by atoms with E-state index in [1.807, 2.05) is 30.5 Å². The molecule has 1 aromatic carbocycles. The predicted molar refractivity (Wildman–Crippen MR) is 77.5 cm³/mol. The van der Waals surface area contributed by atoms with Gasteiger partial charge in [0, 0.05) is 11.6 Å². The van der Waals surface area contributed by atoms with Crippen molar-refractivity contribution in [3.8, 4) is 11.5 Å². The molecule has 0 fully saturated rings. The third-order valence-electron chi connectivity index (χ3n) is 2.29. The zero-order chi connectivity index (χ0) is 13.5. The van der Waals surface area contributed by atoms with Crippen LogP contribution in [-0.4, -0.2) is 24.9 Å². The van der Waals surface area contributed by atoms with Crippen LogP contribution in [0.25, 0.3) is 0 Å². The molecule has 1 N–H and O–H groups in total. The largest absolute Gasteiger partial charge is 0.493 e. The van der Waals surface area contributed by atoms with Crippen LogP contribution < -0.4 is 14.9 Å². The zero-order valence-corrected chi connectivity index (χ0v) is 11.6. The molecule has 5 nitrogen and oxygen atoms in total. The molecule has 2 rings (SSSR count). The third kappa shape index (κ3) is 3.69. The predicted octanol–water partition coefficient (Wildman–Crippen LogP) is 3.00. The maximum atomic E-state index is 5.45. The Kier molecular flexibility index (Phi) is 4.74. The molecule has 1 aromatic heterocycles. The summed E-state index contributed by atoms with van der Waals surface area (Å²) in [6, 6.07) is 5.66. The van der Waals surface area contributed by atoms with Crippen LogP contribution in [0.1, 0.15) is 12.5 Å². The fourth-order valence-corrected chi connectivity index (χ4v) is 1.96. The van der Waals surface area contributed by atoms with Crippen molar-refractivity contribution < 1.29 is 9.47 Å². The lowest BCUT2D eigenvalue weighted by atomic mass is 10.2. The van der Waals surface area contributed by atoms with Gasteiger partial charge >= 0.3 is 0 Å². The van der Waals surface area contributed by atoms with Crippen molar-refractivity contribution >= 4 is 22.7 Å². The summed E-state index contributed by atoms with van der Waals surface area (Å²) < 4.78 is 10.7. The summed E-state index contributed by atoms with van der Waals surface area (Å²) >= 11 is 1.49. The van der Waals surface area contributed by atoms with Crippen LogP contribution in [0.3, 0.4) is 0 Å². The molecule has 0 aliphatic rings. The van der Waals surface area contributed by atoms with Gasteiger partial charge in [0.15, 0.2) is 11.5 Å². The van der Waals surface area contributed by atoms with Crippen molar-refractivity contribution in [2.24, 2.45) is 5.10 Å². The lowest BCUT2D eigenvalue weighted by molar-refractivity contribution is 0.311. The van der Waals surface area contributed by atoms with E-state index in [1.54, 1.807) is 19.5 Å². The lowest BCUT2D eigenvalue weighted by Gasteiger charge is -2.09. The second kappa shape index (κ2) is 6.75. The summed E-state index contributed by atoms with van der Waals surface area (Å²) in [4.78, 5) is 4.07. The summed E-state index contributed by atoms with van der Waals surface area (Å²) in [5.41, 5.74) is 3.78. The minimum absolute atomic E-state index is 0.607. The molecule has 100 valence electrons. The first kappa shape index (κ1) is 13.4. The Morgan fingerprint density at radius 2 is 2.32 bits per heavy atom. The maximum Gasteiger partial charge on any atom is 0.203 e. The smallest absolute Gasteiger partial charge is 0.203 e. The van der Waals surface area contributed by atoms with Crippen LogP contribution in [-0.2, 0) is 0 Å². The number of aromatic nitrogens is 1. The van der Waals surface area contributed by atoms with Gasteiger partial charge in [0.2, 0.25) is 5.13 Å². The Bertz CT molecular complexity index is 541.